The zero-order valence-electron chi connectivity index (χ0n) is 14.6. The molecule has 0 spiro atoms. The van der Waals surface area contributed by atoms with Gasteiger partial charge in [0.2, 0.25) is 0 Å². The molecule has 0 atom stereocenters. The second-order valence-corrected chi connectivity index (χ2v) is 7.18. The summed E-state index contributed by atoms with van der Waals surface area (Å²) in [6.45, 7) is 2.24. The van der Waals surface area contributed by atoms with E-state index in [0.717, 1.165) is 16.7 Å². The number of rotatable bonds is 5. The molecule has 1 nitrogen and oxygen atoms in total. The van der Waals surface area contributed by atoms with Crippen LogP contribution in [0.5, 0.6) is 5.75 Å². The van der Waals surface area contributed by atoms with Crippen LogP contribution in [0.2, 0.25) is 0 Å². The number of ether oxygens (including phenoxy) is 1. The van der Waals surface area contributed by atoms with Gasteiger partial charge in [0, 0.05) is 0 Å². The first kappa shape index (κ1) is 18.1. The molecule has 25 heavy (non-hydrogen) atoms. The average Bonchev–Trinajstić information content (AvgIpc) is 2.58. The molecule has 0 saturated heterocycles. The molecular weight excluding hydrogens is 325 g/mol. The lowest BCUT2D eigenvalue weighted by Gasteiger charge is -2.29. The molecule has 0 amide bonds. The van der Waals surface area contributed by atoms with Crippen molar-refractivity contribution in [1.82, 2.24) is 0 Å². The van der Waals surface area contributed by atoms with Crippen molar-refractivity contribution in [2.24, 2.45) is 5.92 Å². The number of unbranched alkanes of at least 4 members (excludes halogenated alkanes) is 1. The quantitative estimate of drug-likeness (QED) is 0.554. The first-order valence-electron chi connectivity index (χ1n) is 9.24. The van der Waals surface area contributed by atoms with E-state index in [9.17, 15) is 13.2 Å². The maximum atomic E-state index is 12.3. The largest absolute Gasteiger partial charge is 0.573 e. The number of alkyl halides is 3. The summed E-state index contributed by atoms with van der Waals surface area (Å²) in [5.74, 6) is 1.29. The molecule has 2 aromatic carbocycles. The molecule has 136 valence electrons. The Kier molecular flexibility index (Phi) is 5.55. The summed E-state index contributed by atoms with van der Waals surface area (Å²) in [5.41, 5.74) is 1.31. The van der Waals surface area contributed by atoms with Gasteiger partial charge in [0.1, 0.15) is 5.75 Å². The minimum atomic E-state index is -4.65. The predicted molar refractivity (Wildman–Crippen MR) is 94.9 cm³/mol. The Bertz CT molecular complexity index is 700. The molecule has 0 heterocycles. The summed E-state index contributed by atoms with van der Waals surface area (Å²) in [5, 5.41) is 1.75. The van der Waals surface area contributed by atoms with Gasteiger partial charge in [0.15, 0.2) is 0 Å². The molecule has 2 aromatic rings. The van der Waals surface area contributed by atoms with E-state index >= 15 is 0 Å². The Morgan fingerprint density at radius 1 is 0.960 bits per heavy atom. The third-order valence-electron chi connectivity index (χ3n) is 5.35. The van der Waals surface area contributed by atoms with Gasteiger partial charge >= 0.3 is 6.36 Å². The van der Waals surface area contributed by atoms with E-state index in [4.69, 9.17) is 0 Å². The first-order chi connectivity index (χ1) is 11.9. The van der Waals surface area contributed by atoms with Crippen LogP contribution in [-0.2, 0) is 0 Å². The molecule has 1 saturated carbocycles. The summed E-state index contributed by atoms with van der Waals surface area (Å²) in [4.78, 5) is 0. The number of fused-ring (bicyclic) bond motifs is 1. The van der Waals surface area contributed by atoms with Gasteiger partial charge in [-0.1, -0.05) is 50.5 Å². The van der Waals surface area contributed by atoms with Gasteiger partial charge in [0.05, 0.1) is 0 Å². The molecule has 0 N–H and O–H groups in total. The molecular formula is C21H25F3O. The van der Waals surface area contributed by atoms with Gasteiger partial charge in [-0.3, -0.25) is 0 Å². The highest BCUT2D eigenvalue weighted by Gasteiger charge is 2.31. The van der Waals surface area contributed by atoms with Crippen LogP contribution in [0.1, 0.15) is 63.4 Å². The van der Waals surface area contributed by atoms with Crippen LogP contribution in [-0.4, -0.2) is 6.36 Å². The number of hydrogen-bond donors (Lipinski definition) is 0. The first-order valence-corrected chi connectivity index (χ1v) is 9.24. The van der Waals surface area contributed by atoms with Crippen LogP contribution in [0, 0.1) is 5.92 Å². The van der Waals surface area contributed by atoms with Gasteiger partial charge in [-0.05, 0) is 66.0 Å². The zero-order chi connectivity index (χ0) is 17.9. The van der Waals surface area contributed by atoms with Crippen molar-refractivity contribution < 1.29 is 17.9 Å². The van der Waals surface area contributed by atoms with E-state index in [1.54, 1.807) is 6.07 Å². The standard InChI is InChI=1S/C21H25F3O/c1-2-3-4-15-5-7-16(8-6-15)17-9-10-19-14-20(25-21(22,23)24)12-11-18(19)13-17/h9-16H,2-8H2,1H3. The van der Waals surface area contributed by atoms with Crippen molar-refractivity contribution in [1.29, 1.82) is 0 Å². The van der Waals surface area contributed by atoms with Gasteiger partial charge < -0.3 is 4.74 Å². The smallest absolute Gasteiger partial charge is 0.406 e. The lowest BCUT2D eigenvalue weighted by molar-refractivity contribution is -0.274. The van der Waals surface area contributed by atoms with Gasteiger partial charge in [-0.15, -0.1) is 13.2 Å². The molecule has 1 aliphatic carbocycles. The Hall–Kier alpha value is -1.71. The van der Waals surface area contributed by atoms with E-state index < -0.39 is 6.36 Å². The second-order valence-electron chi connectivity index (χ2n) is 7.18. The van der Waals surface area contributed by atoms with Crippen molar-refractivity contribution in [2.45, 2.75) is 64.1 Å². The zero-order valence-corrected chi connectivity index (χ0v) is 14.6. The SMILES string of the molecule is CCCCC1CCC(c2ccc3cc(OC(F)(F)F)ccc3c2)CC1. The molecule has 1 fully saturated rings. The molecule has 3 rings (SSSR count). The monoisotopic (exact) mass is 350 g/mol. The van der Waals surface area contributed by atoms with Crippen LogP contribution in [0.3, 0.4) is 0 Å². The predicted octanol–water partition coefficient (Wildman–Crippen LogP) is 7.20. The normalized spacial score (nSPS) is 21.4. The van der Waals surface area contributed by atoms with Crippen molar-refractivity contribution in [3.8, 4) is 5.75 Å². The third-order valence-corrected chi connectivity index (χ3v) is 5.35. The highest BCUT2D eigenvalue weighted by atomic mass is 19.4. The highest BCUT2D eigenvalue weighted by molar-refractivity contribution is 5.84. The molecule has 4 heteroatoms. The average molecular weight is 350 g/mol. The number of halogens is 3. The summed E-state index contributed by atoms with van der Waals surface area (Å²) >= 11 is 0. The van der Waals surface area contributed by atoms with E-state index in [0.29, 0.717) is 5.92 Å². The van der Waals surface area contributed by atoms with Gasteiger partial charge in [-0.2, -0.15) is 0 Å². The Labute approximate surface area is 147 Å². The van der Waals surface area contributed by atoms with Crippen LogP contribution in [0.4, 0.5) is 13.2 Å². The van der Waals surface area contributed by atoms with Crippen LogP contribution >= 0.6 is 0 Å². The summed E-state index contributed by atoms with van der Waals surface area (Å²) < 4.78 is 41.0. The summed E-state index contributed by atoms with van der Waals surface area (Å²) in [6.07, 6.45) is 4.32. The minimum absolute atomic E-state index is 0.163. The Morgan fingerprint density at radius 3 is 2.32 bits per heavy atom. The maximum absolute atomic E-state index is 12.3. The van der Waals surface area contributed by atoms with E-state index in [1.807, 2.05) is 6.07 Å². The molecule has 0 unspecified atom stereocenters. The Morgan fingerprint density at radius 2 is 1.64 bits per heavy atom. The molecule has 0 bridgehead atoms. The highest BCUT2D eigenvalue weighted by Crippen LogP contribution is 2.38. The van der Waals surface area contributed by atoms with Crippen molar-refractivity contribution >= 4 is 10.8 Å². The van der Waals surface area contributed by atoms with Crippen LogP contribution < -0.4 is 4.74 Å². The van der Waals surface area contributed by atoms with Crippen molar-refractivity contribution in [2.75, 3.05) is 0 Å². The second kappa shape index (κ2) is 7.67. The Balaban J connectivity index is 1.69. The lowest BCUT2D eigenvalue weighted by Crippen LogP contribution is -2.17. The van der Waals surface area contributed by atoms with E-state index in [2.05, 4.69) is 23.8 Å². The molecule has 0 aliphatic heterocycles. The van der Waals surface area contributed by atoms with Gasteiger partial charge in [0.25, 0.3) is 0 Å². The van der Waals surface area contributed by atoms with E-state index in [1.165, 1.54) is 62.6 Å². The number of benzene rings is 2. The lowest BCUT2D eigenvalue weighted by atomic mass is 9.77. The van der Waals surface area contributed by atoms with Crippen molar-refractivity contribution in [3.05, 3.63) is 42.0 Å². The van der Waals surface area contributed by atoms with Crippen LogP contribution in [0.15, 0.2) is 36.4 Å². The van der Waals surface area contributed by atoms with Crippen molar-refractivity contribution in [3.63, 3.8) is 0 Å². The summed E-state index contributed by atoms with van der Waals surface area (Å²) in [6, 6.07) is 10.7. The fraction of sp³-hybridized carbons (Fsp3) is 0.524. The maximum Gasteiger partial charge on any atom is 0.573 e. The fourth-order valence-corrected chi connectivity index (χ4v) is 3.97. The molecule has 0 radical (unpaired) electrons. The molecule has 0 aromatic heterocycles. The van der Waals surface area contributed by atoms with E-state index in [-0.39, 0.29) is 5.75 Å². The molecule has 1 aliphatic rings. The van der Waals surface area contributed by atoms with Crippen LogP contribution in [0.25, 0.3) is 10.8 Å². The summed E-state index contributed by atoms with van der Waals surface area (Å²) in [7, 11) is 0. The minimum Gasteiger partial charge on any atom is -0.406 e. The van der Waals surface area contributed by atoms with Gasteiger partial charge in [-0.25, -0.2) is 0 Å². The topological polar surface area (TPSA) is 9.23 Å². The number of hydrogen-bond acceptors (Lipinski definition) is 1. The fourth-order valence-electron chi connectivity index (χ4n) is 3.97. The third kappa shape index (κ3) is 4.90.